The Morgan fingerprint density at radius 2 is 1.16 bits per heavy atom. The quantitative estimate of drug-likeness (QED) is 0.325. The average Bonchev–Trinajstić information content (AvgIpc) is 3.16. The minimum atomic E-state index is 1.09. The molecule has 0 bridgehead atoms. The van der Waals surface area contributed by atoms with E-state index in [9.17, 15) is 0 Å². The van der Waals surface area contributed by atoms with Gasteiger partial charge in [0.25, 0.3) is 0 Å². The van der Waals surface area contributed by atoms with Crippen LogP contribution in [0.15, 0.2) is 11.5 Å². The SMILES string of the molecule is [CH2]CCCCCCCC1=C(CCCCCCCC)O1. The molecule has 0 saturated carbocycles. The van der Waals surface area contributed by atoms with Gasteiger partial charge in [0.2, 0.25) is 0 Å². The minimum Gasteiger partial charge on any atom is -0.459 e. The molecule has 19 heavy (non-hydrogen) atoms. The van der Waals surface area contributed by atoms with Crippen molar-refractivity contribution in [2.75, 3.05) is 0 Å². The molecule has 0 aromatic carbocycles. The number of hydrogen-bond acceptors (Lipinski definition) is 1. The van der Waals surface area contributed by atoms with Crippen molar-refractivity contribution in [1.29, 1.82) is 0 Å². The first kappa shape index (κ1) is 16.6. The Bertz CT molecular complexity index is 218. The number of hydrogen-bond donors (Lipinski definition) is 0. The predicted octanol–water partition coefficient (Wildman–Crippen LogP) is 6.54. The van der Waals surface area contributed by atoms with E-state index in [1.165, 1.54) is 95.0 Å². The van der Waals surface area contributed by atoms with Gasteiger partial charge < -0.3 is 4.74 Å². The van der Waals surface area contributed by atoms with Crippen LogP contribution in [0.4, 0.5) is 0 Å². The molecule has 1 heterocycles. The molecule has 1 rings (SSSR count). The van der Waals surface area contributed by atoms with Crippen molar-refractivity contribution < 1.29 is 4.74 Å². The zero-order valence-corrected chi connectivity index (χ0v) is 13.0. The predicted molar refractivity (Wildman–Crippen MR) is 83.8 cm³/mol. The van der Waals surface area contributed by atoms with Crippen LogP contribution in [0.1, 0.15) is 96.8 Å². The smallest absolute Gasteiger partial charge is 0.142 e. The standard InChI is InChI=1S/C18H33O/c1-3-5-7-9-11-13-15-17-18(19-17)16-14-12-10-8-6-4-2/h1,3-16H2,2H3. The Morgan fingerprint density at radius 1 is 0.684 bits per heavy atom. The minimum absolute atomic E-state index is 1.09. The fourth-order valence-corrected chi connectivity index (χ4v) is 2.56. The molecule has 0 unspecified atom stereocenters. The molecule has 0 saturated heterocycles. The van der Waals surface area contributed by atoms with Crippen LogP contribution in [0.3, 0.4) is 0 Å². The van der Waals surface area contributed by atoms with E-state index in [-0.39, 0.29) is 0 Å². The molecule has 0 amide bonds. The summed E-state index contributed by atoms with van der Waals surface area (Å²) in [6, 6.07) is 0. The maximum absolute atomic E-state index is 5.60. The van der Waals surface area contributed by atoms with Gasteiger partial charge in [-0.15, -0.1) is 0 Å². The van der Waals surface area contributed by atoms with Crippen LogP contribution in [0.25, 0.3) is 0 Å². The first-order valence-electron chi connectivity index (χ1n) is 8.57. The van der Waals surface area contributed by atoms with Crippen LogP contribution in [0.5, 0.6) is 0 Å². The molecule has 0 N–H and O–H groups in total. The van der Waals surface area contributed by atoms with E-state index in [0.29, 0.717) is 0 Å². The van der Waals surface area contributed by atoms with Gasteiger partial charge in [0.1, 0.15) is 11.5 Å². The lowest BCUT2D eigenvalue weighted by atomic mass is 10.1. The van der Waals surface area contributed by atoms with Gasteiger partial charge >= 0.3 is 0 Å². The van der Waals surface area contributed by atoms with Gasteiger partial charge in [0, 0.05) is 12.8 Å². The lowest BCUT2D eigenvalue weighted by Crippen LogP contribution is -1.79. The van der Waals surface area contributed by atoms with Crippen molar-refractivity contribution in [2.45, 2.75) is 96.8 Å². The zero-order valence-electron chi connectivity index (χ0n) is 13.0. The third kappa shape index (κ3) is 9.13. The molecular formula is C18H33O. The second-order valence-corrected chi connectivity index (χ2v) is 5.84. The second kappa shape index (κ2) is 11.4. The van der Waals surface area contributed by atoms with E-state index in [1.807, 2.05) is 0 Å². The van der Waals surface area contributed by atoms with E-state index < -0.39 is 0 Å². The van der Waals surface area contributed by atoms with Crippen molar-refractivity contribution in [1.82, 2.24) is 0 Å². The van der Waals surface area contributed by atoms with Crippen LogP contribution in [-0.4, -0.2) is 0 Å². The van der Waals surface area contributed by atoms with Crippen LogP contribution >= 0.6 is 0 Å². The van der Waals surface area contributed by atoms with E-state index in [2.05, 4.69) is 13.8 Å². The van der Waals surface area contributed by atoms with Crippen LogP contribution < -0.4 is 0 Å². The number of allylic oxidation sites excluding steroid dienone is 2. The summed E-state index contributed by atoms with van der Waals surface area (Å²) in [6.45, 7) is 6.15. The average molecular weight is 265 g/mol. The fraction of sp³-hybridized carbons (Fsp3) is 0.833. The van der Waals surface area contributed by atoms with Crippen molar-refractivity contribution in [3.05, 3.63) is 18.4 Å². The third-order valence-corrected chi connectivity index (χ3v) is 3.93. The molecule has 0 aromatic rings. The second-order valence-electron chi connectivity index (χ2n) is 5.84. The zero-order chi connectivity index (χ0) is 13.8. The molecule has 0 fully saturated rings. The number of rotatable bonds is 14. The largest absolute Gasteiger partial charge is 0.459 e. The van der Waals surface area contributed by atoms with Gasteiger partial charge in [-0.1, -0.05) is 78.1 Å². The van der Waals surface area contributed by atoms with Gasteiger partial charge in [-0.05, 0) is 12.8 Å². The van der Waals surface area contributed by atoms with Crippen LogP contribution in [0.2, 0.25) is 0 Å². The summed E-state index contributed by atoms with van der Waals surface area (Å²) >= 11 is 0. The summed E-state index contributed by atoms with van der Waals surface area (Å²) in [7, 11) is 0. The first-order valence-corrected chi connectivity index (χ1v) is 8.57. The monoisotopic (exact) mass is 265 g/mol. The Labute approximate surface area is 120 Å². The molecule has 0 aromatic heterocycles. The third-order valence-electron chi connectivity index (χ3n) is 3.93. The molecule has 0 atom stereocenters. The van der Waals surface area contributed by atoms with Crippen molar-refractivity contribution in [3.63, 3.8) is 0 Å². The number of ether oxygens (including phenoxy) is 1. The number of unbranched alkanes of at least 4 members (excludes halogenated alkanes) is 10. The molecular weight excluding hydrogens is 232 g/mol. The topological polar surface area (TPSA) is 12.5 Å². The van der Waals surface area contributed by atoms with Crippen molar-refractivity contribution in [2.24, 2.45) is 0 Å². The first-order chi connectivity index (χ1) is 9.38. The fourth-order valence-electron chi connectivity index (χ4n) is 2.56. The Hall–Kier alpha value is -0.460. The lowest BCUT2D eigenvalue weighted by molar-refractivity contribution is 0.427. The molecule has 0 spiro atoms. The molecule has 1 heteroatoms. The summed E-state index contributed by atoms with van der Waals surface area (Å²) in [5, 5.41) is 0. The normalized spacial score (nSPS) is 13.8. The molecule has 1 aliphatic heterocycles. The highest BCUT2D eigenvalue weighted by Crippen LogP contribution is 2.35. The van der Waals surface area contributed by atoms with E-state index in [0.717, 1.165) is 6.42 Å². The molecule has 1 radical (unpaired) electrons. The lowest BCUT2D eigenvalue weighted by Gasteiger charge is -1.96. The Balaban J connectivity index is 1.84. The van der Waals surface area contributed by atoms with Gasteiger partial charge in [0.15, 0.2) is 0 Å². The van der Waals surface area contributed by atoms with Gasteiger partial charge in [0.05, 0.1) is 0 Å². The maximum atomic E-state index is 5.60. The van der Waals surface area contributed by atoms with E-state index in [1.54, 1.807) is 0 Å². The highest BCUT2D eigenvalue weighted by molar-refractivity contribution is 5.17. The van der Waals surface area contributed by atoms with Crippen molar-refractivity contribution >= 4 is 0 Å². The highest BCUT2D eigenvalue weighted by Gasteiger charge is 2.22. The van der Waals surface area contributed by atoms with E-state index >= 15 is 0 Å². The Morgan fingerprint density at radius 3 is 1.68 bits per heavy atom. The van der Waals surface area contributed by atoms with Crippen LogP contribution in [-0.2, 0) is 4.74 Å². The molecule has 111 valence electrons. The highest BCUT2D eigenvalue weighted by atomic mass is 16.6. The molecule has 1 nitrogen and oxygen atoms in total. The Kier molecular flexibility index (Phi) is 9.93. The van der Waals surface area contributed by atoms with Gasteiger partial charge in [-0.3, -0.25) is 0 Å². The summed E-state index contributed by atoms with van der Waals surface area (Å²) in [5.41, 5.74) is 0. The van der Waals surface area contributed by atoms with Gasteiger partial charge in [-0.25, -0.2) is 0 Å². The molecule has 0 aliphatic carbocycles. The van der Waals surface area contributed by atoms with Gasteiger partial charge in [-0.2, -0.15) is 0 Å². The summed E-state index contributed by atoms with van der Waals surface area (Å²) in [5.74, 6) is 2.65. The summed E-state index contributed by atoms with van der Waals surface area (Å²) in [6.07, 6.45) is 18.4. The van der Waals surface area contributed by atoms with Crippen molar-refractivity contribution in [3.8, 4) is 0 Å². The van der Waals surface area contributed by atoms with E-state index in [4.69, 9.17) is 4.74 Å². The summed E-state index contributed by atoms with van der Waals surface area (Å²) < 4.78 is 5.60. The van der Waals surface area contributed by atoms with Crippen LogP contribution in [0, 0.1) is 6.92 Å². The summed E-state index contributed by atoms with van der Waals surface area (Å²) in [4.78, 5) is 0. The maximum Gasteiger partial charge on any atom is 0.142 e. The molecule has 1 aliphatic rings.